The summed E-state index contributed by atoms with van der Waals surface area (Å²) in [5.74, 6) is 0.168. The lowest BCUT2D eigenvalue weighted by Crippen LogP contribution is -2.24. The van der Waals surface area contributed by atoms with E-state index in [0.29, 0.717) is 0 Å². The summed E-state index contributed by atoms with van der Waals surface area (Å²) in [5.41, 5.74) is 1.26. The molecule has 0 aliphatic carbocycles. The first-order valence-corrected chi connectivity index (χ1v) is 8.66. The van der Waals surface area contributed by atoms with Crippen LogP contribution in [-0.4, -0.2) is 30.4 Å². The minimum Gasteiger partial charge on any atom is -0.489 e. The summed E-state index contributed by atoms with van der Waals surface area (Å²) in [5, 5.41) is 14.2. The zero-order valence-corrected chi connectivity index (χ0v) is 14.8. The van der Waals surface area contributed by atoms with Gasteiger partial charge < -0.3 is 14.6 Å². The molecule has 4 heteroatoms. The van der Waals surface area contributed by atoms with Gasteiger partial charge in [0.2, 0.25) is 0 Å². The van der Waals surface area contributed by atoms with E-state index < -0.39 is 12.1 Å². The first-order valence-electron chi connectivity index (χ1n) is 8.66. The van der Waals surface area contributed by atoms with Gasteiger partial charge in [0.1, 0.15) is 25.1 Å². The van der Waals surface area contributed by atoms with Crippen molar-refractivity contribution in [3.63, 3.8) is 0 Å². The van der Waals surface area contributed by atoms with E-state index in [4.69, 9.17) is 9.47 Å². The number of rotatable bonds is 7. The Morgan fingerprint density at radius 1 is 1.12 bits per heavy atom. The number of fused-ring (bicyclic) bond motifs is 2. The highest BCUT2D eigenvalue weighted by Gasteiger charge is 2.13. The van der Waals surface area contributed by atoms with E-state index in [1.54, 1.807) is 0 Å². The van der Waals surface area contributed by atoms with Gasteiger partial charge in [-0.2, -0.15) is 0 Å². The van der Waals surface area contributed by atoms with Gasteiger partial charge in [0.15, 0.2) is 0 Å². The van der Waals surface area contributed by atoms with Gasteiger partial charge in [0.05, 0.1) is 0 Å². The summed E-state index contributed by atoms with van der Waals surface area (Å²) in [6.45, 7) is 5.35. The number of aliphatic hydroxyl groups excluding tert-OH is 1. The molecule has 0 heterocycles. The molecule has 0 saturated carbocycles. The third kappa shape index (κ3) is 3.86. The zero-order chi connectivity index (χ0) is 18.5. The van der Waals surface area contributed by atoms with Crippen molar-refractivity contribution < 1.29 is 19.4 Å². The molecule has 3 rings (SSSR count). The quantitative estimate of drug-likeness (QED) is 0.397. The molecule has 0 radical (unpaired) electrons. The average molecular weight is 350 g/mol. The topological polar surface area (TPSA) is 55.8 Å². The molecule has 0 amide bonds. The smallest absolute Gasteiger partial charge is 0.330 e. The number of benzene rings is 3. The largest absolute Gasteiger partial charge is 0.489 e. The third-order valence-corrected chi connectivity index (χ3v) is 4.29. The van der Waals surface area contributed by atoms with Crippen molar-refractivity contribution in [2.75, 3.05) is 13.2 Å². The van der Waals surface area contributed by atoms with Crippen LogP contribution < -0.4 is 4.74 Å². The molecule has 1 atom stereocenters. The second kappa shape index (κ2) is 8.02. The summed E-state index contributed by atoms with van der Waals surface area (Å²) in [4.78, 5) is 11.1. The van der Waals surface area contributed by atoms with Crippen molar-refractivity contribution >= 4 is 27.5 Å². The fraction of sp³-hybridized carbons (Fsp3) is 0.227. The van der Waals surface area contributed by atoms with Gasteiger partial charge in [0.25, 0.3) is 0 Å². The maximum atomic E-state index is 11.1. The van der Waals surface area contributed by atoms with Gasteiger partial charge in [-0.25, -0.2) is 4.79 Å². The third-order valence-electron chi connectivity index (χ3n) is 4.29. The first kappa shape index (κ1) is 18.0. The van der Waals surface area contributed by atoms with E-state index in [0.717, 1.165) is 39.8 Å². The molecule has 3 aromatic rings. The molecule has 3 aromatic carbocycles. The van der Waals surface area contributed by atoms with Crippen molar-refractivity contribution in [3.8, 4) is 5.75 Å². The molecule has 0 spiro atoms. The lowest BCUT2D eigenvalue weighted by Gasteiger charge is -2.16. The molecule has 4 nitrogen and oxygen atoms in total. The second-order valence-corrected chi connectivity index (χ2v) is 6.13. The van der Waals surface area contributed by atoms with E-state index in [-0.39, 0.29) is 13.2 Å². The van der Waals surface area contributed by atoms with Crippen LogP contribution in [0.4, 0.5) is 0 Å². The van der Waals surface area contributed by atoms with E-state index in [2.05, 4.69) is 37.8 Å². The molecule has 0 bridgehead atoms. The van der Waals surface area contributed by atoms with E-state index >= 15 is 0 Å². The van der Waals surface area contributed by atoms with Crippen molar-refractivity contribution in [1.29, 1.82) is 0 Å². The highest BCUT2D eigenvalue weighted by molar-refractivity contribution is 6.05. The summed E-state index contributed by atoms with van der Waals surface area (Å²) in [7, 11) is 0. The van der Waals surface area contributed by atoms with Gasteiger partial charge in [-0.15, -0.1) is 0 Å². The van der Waals surface area contributed by atoms with Crippen LogP contribution in [0.25, 0.3) is 21.5 Å². The molecule has 1 N–H and O–H groups in total. The minimum atomic E-state index is -0.914. The fourth-order valence-electron chi connectivity index (χ4n) is 2.92. The molecular weight excluding hydrogens is 328 g/mol. The number of ether oxygens (including phenoxy) is 2. The Bertz CT molecular complexity index is 945. The van der Waals surface area contributed by atoms with Crippen LogP contribution in [0.2, 0.25) is 0 Å². The number of hydrogen-bond acceptors (Lipinski definition) is 4. The molecule has 26 heavy (non-hydrogen) atoms. The summed E-state index contributed by atoms with van der Waals surface area (Å²) in [6, 6.07) is 16.5. The lowest BCUT2D eigenvalue weighted by molar-refractivity contribution is -0.141. The molecule has 134 valence electrons. The van der Waals surface area contributed by atoms with Crippen LogP contribution in [0, 0.1) is 0 Å². The first-order chi connectivity index (χ1) is 12.6. The van der Waals surface area contributed by atoms with Crippen molar-refractivity contribution in [3.05, 3.63) is 66.7 Å². The standard InChI is InChI=1S/C22H22O4/c1-3-15-9-10-20-17(11-15)12-16-7-5-6-8-19(16)22(20)26-14-18(23)13-25-21(24)4-2/h4-12,18,23H,2-3,13-14H2,1H3. The van der Waals surface area contributed by atoms with E-state index in [9.17, 15) is 9.90 Å². The normalized spacial score (nSPS) is 12.1. The molecule has 0 aliphatic heterocycles. The highest BCUT2D eigenvalue weighted by Crippen LogP contribution is 2.35. The zero-order valence-electron chi connectivity index (χ0n) is 14.8. The van der Waals surface area contributed by atoms with Gasteiger partial charge >= 0.3 is 5.97 Å². The Hall–Kier alpha value is -2.85. The predicted molar refractivity (Wildman–Crippen MR) is 103 cm³/mol. The molecular formula is C22H22O4. The predicted octanol–water partition coefficient (Wildman–Crippen LogP) is 4.02. The summed E-state index contributed by atoms with van der Waals surface area (Å²) in [6.07, 6.45) is 1.12. The molecule has 0 aromatic heterocycles. The average Bonchev–Trinajstić information content (AvgIpc) is 2.68. The Balaban J connectivity index is 1.91. The van der Waals surface area contributed by atoms with E-state index in [1.807, 2.05) is 24.3 Å². The lowest BCUT2D eigenvalue weighted by atomic mass is 9.99. The Morgan fingerprint density at radius 3 is 2.65 bits per heavy atom. The SMILES string of the molecule is C=CC(=O)OCC(O)COc1c2ccccc2cc2cc(CC)ccc12. The highest BCUT2D eigenvalue weighted by atomic mass is 16.5. The maximum absolute atomic E-state index is 11.1. The number of aliphatic hydroxyl groups is 1. The van der Waals surface area contributed by atoms with Crippen LogP contribution in [0.15, 0.2) is 61.2 Å². The Labute approximate surface area is 152 Å². The maximum Gasteiger partial charge on any atom is 0.330 e. The number of carbonyl (C=O) groups excluding carboxylic acids is 1. The monoisotopic (exact) mass is 350 g/mol. The van der Waals surface area contributed by atoms with Crippen molar-refractivity contribution in [2.45, 2.75) is 19.4 Å². The molecule has 0 fully saturated rings. The van der Waals surface area contributed by atoms with Crippen LogP contribution in [-0.2, 0) is 16.0 Å². The molecule has 0 saturated heterocycles. The minimum absolute atomic E-state index is 0.0308. The number of hydrogen-bond donors (Lipinski definition) is 1. The van der Waals surface area contributed by atoms with Crippen molar-refractivity contribution in [2.24, 2.45) is 0 Å². The van der Waals surface area contributed by atoms with Gasteiger partial charge in [-0.3, -0.25) is 0 Å². The molecule has 0 aliphatic rings. The van der Waals surface area contributed by atoms with Crippen LogP contribution >= 0.6 is 0 Å². The van der Waals surface area contributed by atoms with E-state index in [1.165, 1.54) is 5.56 Å². The molecule has 1 unspecified atom stereocenters. The number of aryl methyl sites for hydroxylation is 1. The van der Waals surface area contributed by atoms with Crippen LogP contribution in [0.1, 0.15) is 12.5 Å². The summed E-state index contributed by atoms with van der Waals surface area (Å²) < 4.78 is 10.8. The van der Waals surface area contributed by atoms with Crippen LogP contribution in [0.5, 0.6) is 5.75 Å². The number of carbonyl (C=O) groups is 1. The van der Waals surface area contributed by atoms with Gasteiger partial charge in [-0.05, 0) is 28.8 Å². The Morgan fingerprint density at radius 2 is 1.88 bits per heavy atom. The summed E-state index contributed by atoms with van der Waals surface area (Å²) >= 11 is 0. The van der Waals surface area contributed by atoms with Gasteiger partial charge in [-0.1, -0.05) is 56.0 Å². The van der Waals surface area contributed by atoms with Gasteiger partial charge in [0, 0.05) is 16.8 Å². The second-order valence-electron chi connectivity index (χ2n) is 6.13. The van der Waals surface area contributed by atoms with Crippen molar-refractivity contribution in [1.82, 2.24) is 0 Å². The van der Waals surface area contributed by atoms with Crippen LogP contribution in [0.3, 0.4) is 0 Å². The number of esters is 1. The fourth-order valence-corrected chi connectivity index (χ4v) is 2.92. The Kier molecular flexibility index (Phi) is 5.54.